The molecular formula is C15H19N3S. The SMILES string of the molecule is Cn1nc(-c2ccc(C3CCSCC3)cc2)cc1N. The minimum absolute atomic E-state index is 0.698. The first-order valence-electron chi connectivity index (χ1n) is 6.71. The van der Waals surface area contributed by atoms with Crippen LogP contribution < -0.4 is 5.73 Å². The van der Waals surface area contributed by atoms with Gasteiger partial charge in [0.2, 0.25) is 0 Å². The van der Waals surface area contributed by atoms with E-state index < -0.39 is 0 Å². The van der Waals surface area contributed by atoms with Gasteiger partial charge in [-0.3, -0.25) is 4.68 Å². The van der Waals surface area contributed by atoms with Crippen LogP contribution in [0.3, 0.4) is 0 Å². The van der Waals surface area contributed by atoms with Gasteiger partial charge in [0, 0.05) is 18.7 Å². The number of aryl methyl sites for hydroxylation is 1. The zero-order valence-electron chi connectivity index (χ0n) is 11.2. The third-order valence-corrected chi connectivity index (χ3v) is 4.86. The van der Waals surface area contributed by atoms with E-state index in [1.807, 2.05) is 13.1 Å². The first kappa shape index (κ1) is 12.6. The maximum Gasteiger partial charge on any atom is 0.121 e. The van der Waals surface area contributed by atoms with Gasteiger partial charge in [-0.1, -0.05) is 24.3 Å². The minimum Gasteiger partial charge on any atom is -0.384 e. The Morgan fingerprint density at radius 1 is 1.21 bits per heavy atom. The van der Waals surface area contributed by atoms with E-state index in [4.69, 9.17) is 5.73 Å². The lowest BCUT2D eigenvalue weighted by atomic mass is 9.92. The number of nitrogens with two attached hydrogens (primary N) is 1. The van der Waals surface area contributed by atoms with Crippen molar-refractivity contribution in [2.75, 3.05) is 17.2 Å². The molecule has 1 aromatic heterocycles. The van der Waals surface area contributed by atoms with Crippen molar-refractivity contribution in [2.45, 2.75) is 18.8 Å². The number of hydrogen-bond acceptors (Lipinski definition) is 3. The van der Waals surface area contributed by atoms with Gasteiger partial charge >= 0.3 is 0 Å². The summed E-state index contributed by atoms with van der Waals surface area (Å²) in [6.07, 6.45) is 2.61. The molecule has 4 heteroatoms. The summed E-state index contributed by atoms with van der Waals surface area (Å²) in [6, 6.07) is 10.8. The Morgan fingerprint density at radius 2 is 1.89 bits per heavy atom. The van der Waals surface area contributed by atoms with Crippen LogP contribution in [0.25, 0.3) is 11.3 Å². The topological polar surface area (TPSA) is 43.8 Å². The zero-order valence-corrected chi connectivity index (χ0v) is 12.0. The molecule has 0 unspecified atom stereocenters. The van der Waals surface area contributed by atoms with Crippen LogP contribution in [0.5, 0.6) is 0 Å². The van der Waals surface area contributed by atoms with E-state index in [1.54, 1.807) is 4.68 Å². The lowest BCUT2D eigenvalue weighted by Gasteiger charge is -2.21. The predicted octanol–water partition coefficient (Wildman–Crippen LogP) is 3.28. The maximum absolute atomic E-state index is 5.82. The molecule has 1 saturated heterocycles. The third kappa shape index (κ3) is 2.63. The molecule has 3 nitrogen and oxygen atoms in total. The standard InChI is InChI=1S/C15H19N3S/c1-18-15(16)10-14(17-18)13-4-2-11(3-5-13)12-6-8-19-9-7-12/h2-5,10,12H,6-9,16H2,1H3. The summed E-state index contributed by atoms with van der Waals surface area (Å²) in [6.45, 7) is 0. The lowest BCUT2D eigenvalue weighted by Crippen LogP contribution is -2.07. The van der Waals surface area contributed by atoms with Crippen LogP contribution in [0.15, 0.2) is 30.3 Å². The van der Waals surface area contributed by atoms with Crippen molar-refractivity contribution in [3.63, 3.8) is 0 Å². The first-order valence-corrected chi connectivity index (χ1v) is 7.87. The molecule has 1 aliphatic rings. The summed E-state index contributed by atoms with van der Waals surface area (Å²) < 4.78 is 1.71. The van der Waals surface area contributed by atoms with Crippen molar-refractivity contribution in [3.05, 3.63) is 35.9 Å². The van der Waals surface area contributed by atoms with Crippen molar-refractivity contribution in [1.29, 1.82) is 0 Å². The number of thioether (sulfide) groups is 1. The average molecular weight is 273 g/mol. The summed E-state index contributed by atoms with van der Waals surface area (Å²) in [5.41, 5.74) is 9.38. The Labute approximate surface area is 118 Å². The van der Waals surface area contributed by atoms with Gasteiger partial charge in [-0.2, -0.15) is 16.9 Å². The fourth-order valence-corrected chi connectivity index (χ4v) is 3.69. The minimum atomic E-state index is 0.698. The first-order chi connectivity index (χ1) is 9.24. The van der Waals surface area contributed by atoms with E-state index in [0.717, 1.165) is 17.2 Å². The Bertz CT molecular complexity index is 534. The molecule has 0 spiro atoms. The van der Waals surface area contributed by atoms with E-state index >= 15 is 0 Å². The van der Waals surface area contributed by atoms with E-state index in [0.29, 0.717) is 5.82 Å². The van der Waals surface area contributed by atoms with Crippen LogP contribution in [0.1, 0.15) is 24.3 Å². The highest BCUT2D eigenvalue weighted by atomic mass is 32.2. The molecular weight excluding hydrogens is 254 g/mol. The highest BCUT2D eigenvalue weighted by Gasteiger charge is 2.15. The molecule has 0 atom stereocenters. The molecule has 0 aliphatic carbocycles. The normalized spacial score (nSPS) is 16.7. The summed E-state index contributed by atoms with van der Waals surface area (Å²) in [5.74, 6) is 4.03. The molecule has 1 aliphatic heterocycles. The molecule has 0 amide bonds. The fraction of sp³-hybridized carbons (Fsp3) is 0.400. The molecule has 0 bridgehead atoms. The second-order valence-electron chi connectivity index (χ2n) is 5.09. The van der Waals surface area contributed by atoms with E-state index in [-0.39, 0.29) is 0 Å². The van der Waals surface area contributed by atoms with Crippen LogP contribution in [0.4, 0.5) is 5.82 Å². The number of hydrogen-bond donors (Lipinski definition) is 1. The van der Waals surface area contributed by atoms with Gasteiger partial charge in [0.1, 0.15) is 5.82 Å². The number of nitrogen functional groups attached to an aromatic ring is 1. The molecule has 0 radical (unpaired) electrons. The van der Waals surface area contributed by atoms with Crippen LogP contribution in [-0.4, -0.2) is 21.3 Å². The Hall–Kier alpha value is -1.42. The Morgan fingerprint density at radius 3 is 2.47 bits per heavy atom. The third-order valence-electron chi connectivity index (χ3n) is 3.82. The van der Waals surface area contributed by atoms with Gasteiger partial charge in [0.25, 0.3) is 0 Å². The summed E-state index contributed by atoms with van der Waals surface area (Å²) in [5, 5.41) is 4.41. The smallest absolute Gasteiger partial charge is 0.121 e. The number of aromatic nitrogens is 2. The lowest BCUT2D eigenvalue weighted by molar-refractivity contribution is 0.637. The van der Waals surface area contributed by atoms with E-state index in [1.165, 1.54) is 29.9 Å². The van der Waals surface area contributed by atoms with Crippen LogP contribution in [0, 0.1) is 0 Å². The van der Waals surface area contributed by atoms with Crippen molar-refractivity contribution < 1.29 is 0 Å². The number of benzene rings is 1. The second kappa shape index (κ2) is 5.29. The van der Waals surface area contributed by atoms with Crippen LogP contribution in [-0.2, 0) is 7.05 Å². The molecule has 0 saturated carbocycles. The molecule has 1 aromatic carbocycles. The summed E-state index contributed by atoms with van der Waals surface area (Å²) in [4.78, 5) is 0. The Kier molecular flexibility index (Phi) is 3.51. The van der Waals surface area contributed by atoms with Gasteiger partial charge in [-0.05, 0) is 35.8 Å². The van der Waals surface area contributed by atoms with Gasteiger partial charge in [0.15, 0.2) is 0 Å². The molecule has 100 valence electrons. The molecule has 19 heavy (non-hydrogen) atoms. The largest absolute Gasteiger partial charge is 0.384 e. The van der Waals surface area contributed by atoms with Crippen LogP contribution >= 0.6 is 11.8 Å². The van der Waals surface area contributed by atoms with E-state index in [9.17, 15) is 0 Å². The number of anilines is 1. The predicted molar refractivity (Wildman–Crippen MR) is 82.4 cm³/mol. The van der Waals surface area contributed by atoms with Gasteiger partial charge < -0.3 is 5.73 Å². The molecule has 2 aromatic rings. The Balaban J connectivity index is 1.82. The van der Waals surface area contributed by atoms with Crippen molar-refractivity contribution in [2.24, 2.45) is 7.05 Å². The number of rotatable bonds is 2. The summed E-state index contributed by atoms with van der Waals surface area (Å²) in [7, 11) is 1.87. The highest BCUT2D eigenvalue weighted by molar-refractivity contribution is 7.99. The van der Waals surface area contributed by atoms with Crippen molar-refractivity contribution in [1.82, 2.24) is 9.78 Å². The zero-order chi connectivity index (χ0) is 13.2. The monoisotopic (exact) mass is 273 g/mol. The van der Waals surface area contributed by atoms with E-state index in [2.05, 4.69) is 41.1 Å². The summed E-state index contributed by atoms with van der Waals surface area (Å²) >= 11 is 2.07. The average Bonchev–Trinajstić information content (AvgIpc) is 2.80. The quantitative estimate of drug-likeness (QED) is 0.913. The highest BCUT2D eigenvalue weighted by Crippen LogP contribution is 2.32. The van der Waals surface area contributed by atoms with Crippen molar-refractivity contribution in [3.8, 4) is 11.3 Å². The van der Waals surface area contributed by atoms with Gasteiger partial charge in [-0.25, -0.2) is 0 Å². The van der Waals surface area contributed by atoms with Gasteiger partial charge in [0.05, 0.1) is 5.69 Å². The molecule has 3 rings (SSSR count). The van der Waals surface area contributed by atoms with Crippen molar-refractivity contribution >= 4 is 17.6 Å². The molecule has 1 fully saturated rings. The van der Waals surface area contributed by atoms with Gasteiger partial charge in [-0.15, -0.1) is 0 Å². The maximum atomic E-state index is 5.82. The fourth-order valence-electron chi connectivity index (χ4n) is 2.58. The molecule has 2 N–H and O–H groups in total. The number of nitrogens with zero attached hydrogens (tertiary/aromatic N) is 2. The second-order valence-corrected chi connectivity index (χ2v) is 6.31. The van der Waals surface area contributed by atoms with Crippen LogP contribution in [0.2, 0.25) is 0 Å². The molecule has 2 heterocycles.